The van der Waals surface area contributed by atoms with Gasteiger partial charge in [0.1, 0.15) is 5.82 Å². The molecule has 20 heavy (non-hydrogen) atoms. The highest BCUT2D eigenvalue weighted by Gasteiger charge is 2.27. The second-order valence-electron chi connectivity index (χ2n) is 4.68. The molecular formula is C13H21FN2O2S2. The number of thioether (sulfide) groups is 1. The van der Waals surface area contributed by atoms with Gasteiger partial charge in [0.25, 0.3) is 0 Å². The van der Waals surface area contributed by atoms with Crippen LogP contribution in [0.4, 0.5) is 10.1 Å². The van der Waals surface area contributed by atoms with E-state index in [0.717, 1.165) is 0 Å². The number of nitrogens with zero attached hydrogens (tertiary/aromatic N) is 1. The van der Waals surface area contributed by atoms with Crippen LogP contribution in [0.1, 0.15) is 18.9 Å². The van der Waals surface area contributed by atoms with E-state index in [9.17, 15) is 12.8 Å². The van der Waals surface area contributed by atoms with Crippen LogP contribution >= 0.6 is 11.8 Å². The van der Waals surface area contributed by atoms with Crippen LogP contribution in [-0.4, -0.2) is 37.8 Å². The predicted molar refractivity (Wildman–Crippen MR) is 83.0 cm³/mol. The summed E-state index contributed by atoms with van der Waals surface area (Å²) in [5.41, 5.74) is 5.61. The van der Waals surface area contributed by atoms with Crippen LogP contribution in [0.5, 0.6) is 0 Å². The highest BCUT2D eigenvalue weighted by molar-refractivity contribution is 7.98. The summed E-state index contributed by atoms with van der Waals surface area (Å²) in [6.45, 7) is 3.45. The minimum absolute atomic E-state index is 0.0379. The van der Waals surface area contributed by atoms with Crippen molar-refractivity contribution in [3.05, 3.63) is 23.5 Å². The summed E-state index contributed by atoms with van der Waals surface area (Å²) in [4.78, 5) is 0.0379. The molecule has 0 fully saturated rings. The third kappa shape index (κ3) is 3.45. The van der Waals surface area contributed by atoms with E-state index in [1.807, 2.05) is 13.2 Å². The first-order valence-corrected chi connectivity index (χ1v) is 9.11. The Labute approximate surface area is 124 Å². The minimum atomic E-state index is -3.66. The Balaban J connectivity index is 3.22. The molecule has 0 spiro atoms. The number of aryl methyl sites for hydroxylation is 1. The van der Waals surface area contributed by atoms with Crippen molar-refractivity contribution in [1.82, 2.24) is 4.31 Å². The first-order chi connectivity index (χ1) is 9.25. The van der Waals surface area contributed by atoms with E-state index in [-0.39, 0.29) is 22.2 Å². The lowest BCUT2D eigenvalue weighted by molar-refractivity contribution is 0.385. The third-order valence-electron chi connectivity index (χ3n) is 3.28. The fourth-order valence-electron chi connectivity index (χ4n) is 1.95. The minimum Gasteiger partial charge on any atom is -0.396 e. The average molecular weight is 320 g/mol. The Morgan fingerprint density at radius 1 is 1.45 bits per heavy atom. The molecule has 0 saturated carbocycles. The van der Waals surface area contributed by atoms with Crippen LogP contribution in [-0.2, 0) is 10.0 Å². The van der Waals surface area contributed by atoms with E-state index in [0.29, 0.717) is 12.2 Å². The molecule has 0 radical (unpaired) electrons. The van der Waals surface area contributed by atoms with Crippen molar-refractivity contribution in [2.45, 2.75) is 31.2 Å². The fraction of sp³-hybridized carbons (Fsp3) is 0.538. The molecule has 0 amide bonds. The SMILES string of the molecule is CCC(CSC)N(C)S(=O)(=O)c1cc(C)c(F)c(N)c1. The molecule has 1 unspecified atom stereocenters. The summed E-state index contributed by atoms with van der Waals surface area (Å²) < 4.78 is 40.0. The van der Waals surface area contributed by atoms with E-state index in [2.05, 4.69) is 0 Å². The molecule has 4 nitrogen and oxygen atoms in total. The van der Waals surface area contributed by atoms with Gasteiger partial charge in [0.05, 0.1) is 10.6 Å². The van der Waals surface area contributed by atoms with E-state index >= 15 is 0 Å². The summed E-state index contributed by atoms with van der Waals surface area (Å²) in [6.07, 6.45) is 2.65. The number of anilines is 1. The number of rotatable bonds is 6. The van der Waals surface area contributed by atoms with Crippen LogP contribution in [0.15, 0.2) is 17.0 Å². The third-order valence-corrected chi connectivity index (χ3v) is 5.88. The number of nitrogens with two attached hydrogens (primary N) is 1. The van der Waals surface area contributed by atoms with Crippen LogP contribution in [0.25, 0.3) is 0 Å². The number of halogens is 1. The van der Waals surface area contributed by atoms with E-state index < -0.39 is 15.8 Å². The normalized spacial score (nSPS) is 13.7. The van der Waals surface area contributed by atoms with Gasteiger partial charge in [-0.3, -0.25) is 0 Å². The van der Waals surface area contributed by atoms with Gasteiger partial charge in [-0.2, -0.15) is 16.1 Å². The molecule has 0 aliphatic heterocycles. The zero-order valence-electron chi connectivity index (χ0n) is 12.2. The summed E-state index contributed by atoms with van der Waals surface area (Å²) in [5.74, 6) is 0.143. The van der Waals surface area contributed by atoms with E-state index in [1.165, 1.54) is 23.4 Å². The Morgan fingerprint density at radius 2 is 2.05 bits per heavy atom. The summed E-state index contributed by atoms with van der Waals surface area (Å²) in [7, 11) is -2.11. The van der Waals surface area contributed by atoms with Gasteiger partial charge in [0.2, 0.25) is 10.0 Å². The number of benzene rings is 1. The van der Waals surface area contributed by atoms with Gasteiger partial charge in [0, 0.05) is 18.8 Å². The van der Waals surface area contributed by atoms with Crippen molar-refractivity contribution in [2.75, 3.05) is 24.8 Å². The van der Waals surface area contributed by atoms with Gasteiger partial charge in [-0.05, 0) is 37.3 Å². The molecule has 0 aromatic heterocycles. The molecule has 1 aromatic carbocycles. The van der Waals surface area contributed by atoms with Crippen LogP contribution in [0.3, 0.4) is 0 Å². The van der Waals surface area contributed by atoms with E-state index in [1.54, 1.807) is 18.8 Å². The number of sulfonamides is 1. The Morgan fingerprint density at radius 3 is 2.50 bits per heavy atom. The monoisotopic (exact) mass is 320 g/mol. The molecule has 114 valence electrons. The predicted octanol–water partition coefficient (Wildman–Crippen LogP) is 2.48. The Hall–Kier alpha value is -0.790. The van der Waals surface area contributed by atoms with Crippen molar-refractivity contribution in [3.8, 4) is 0 Å². The fourth-order valence-corrected chi connectivity index (χ4v) is 4.44. The van der Waals surface area contributed by atoms with Crippen LogP contribution in [0, 0.1) is 12.7 Å². The largest absolute Gasteiger partial charge is 0.396 e. The molecule has 7 heteroatoms. The molecular weight excluding hydrogens is 299 g/mol. The van der Waals surface area contributed by atoms with Crippen LogP contribution in [0.2, 0.25) is 0 Å². The van der Waals surface area contributed by atoms with E-state index in [4.69, 9.17) is 5.73 Å². The smallest absolute Gasteiger partial charge is 0.243 e. The molecule has 0 saturated heterocycles. The maximum absolute atomic E-state index is 13.5. The summed E-state index contributed by atoms with van der Waals surface area (Å²) in [6, 6.07) is 2.41. The molecule has 2 N–H and O–H groups in total. The molecule has 0 bridgehead atoms. The first kappa shape index (κ1) is 17.3. The molecule has 0 aliphatic carbocycles. The number of hydrogen-bond acceptors (Lipinski definition) is 4. The molecule has 1 aromatic rings. The van der Waals surface area contributed by atoms with Crippen molar-refractivity contribution in [2.24, 2.45) is 0 Å². The number of nitrogen functional groups attached to an aromatic ring is 1. The van der Waals surface area contributed by atoms with Gasteiger partial charge in [-0.25, -0.2) is 12.8 Å². The topological polar surface area (TPSA) is 63.4 Å². The second kappa shape index (κ2) is 6.78. The summed E-state index contributed by atoms with van der Waals surface area (Å²) >= 11 is 1.59. The van der Waals surface area contributed by atoms with Gasteiger partial charge in [-0.15, -0.1) is 0 Å². The standard InChI is InChI=1S/C13H21FN2O2S2/c1-5-10(8-19-4)16(3)20(17,18)11-6-9(2)13(14)12(15)7-11/h6-7,10H,5,8,15H2,1-4H3. The first-order valence-electron chi connectivity index (χ1n) is 6.28. The van der Waals surface area contributed by atoms with Crippen molar-refractivity contribution >= 4 is 27.5 Å². The molecule has 1 atom stereocenters. The highest BCUT2D eigenvalue weighted by Crippen LogP contribution is 2.25. The quantitative estimate of drug-likeness (QED) is 0.818. The van der Waals surface area contributed by atoms with Gasteiger partial charge < -0.3 is 5.73 Å². The number of hydrogen-bond donors (Lipinski definition) is 1. The lowest BCUT2D eigenvalue weighted by Gasteiger charge is -2.26. The van der Waals surface area contributed by atoms with Crippen molar-refractivity contribution < 1.29 is 12.8 Å². The zero-order valence-corrected chi connectivity index (χ0v) is 13.8. The zero-order chi connectivity index (χ0) is 15.5. The van der Waals surface area contributed by atoms with Crippen molar-refractivity contribution in [3.63, 3.8) is 0 Å². The Bertz CT molecular complexity index is 553. The highest BCUT2D eigenvalue weighted by atomic mass is 32.2. The lowest BCUT2D eigenvalue weighted by Crippen LogP contribution is -2.38. The maximum atomic E-state index is 13.5. The second-order valence-corrected chi connectivity index (χ2v) is 7.59. The van der Waals surface area contributed by atoms with Gasteiger partial charge >= 0.3 is 0 Å². The average Bonchev–Trinajstić information content (AvgIpc) is 2.40. The molecule has 1 rings (SSSR count). The Kier molecular flexibility index (Phi) is 5.85. The van der Waals surface area contributed by atoms with Gasteiger partial charge in [-0.1, -0.05) is 6.92 Å². The van der Waals surface area contributed by atoms with Crippen molar-refractivity contribution in [1.29, 1.82) is 0 Å². The van der Waals surface area contributed by atoms with Gasteiger partial charge in [0.15, 0.2) is 0 Å². The summed E-state index contributed by atoms with van der Waals surface area (Å²) in [5, 5.41) is 0. The lowest BCUT2D eigenvalue weighted by atomic mass is 10.2. The maximum Gasteiger partial charge on any atom is 0.243 e. The van der Waals surface area contributed by atoms with Crippen LogP contribution < -0.4 is 5.73 Å². The molecule has 0 heterocycles. The molecule has 0 aliphatic rings.